The van der Waals surface area contributed by atoms with Crippen LogP contribution in [0.25, 0.3) is 0 Å². The second-order valence-electron chi connectivity index (χ2n) is 8.63. The molecule has 8 nitrogen and oxygen atoms in total. The van der Waals surface area contributed by atoms with E-state index in [2.05, 4.69) is 10.3 Å². The molecule has 33 heavy (non-hydrogen) atoms. The largest absolute Gasteiger partial charge is 0.383 e. The summed E-state index contributed by atoms with van der Waals surface area (Å²) in [7, 11) is 0. The van der Waals surface area contributed by atoms with Crippen LogP contribution < -0.4 is 27.2 Å². The molecule has 174 valence electrons. The maximum atomic E-state index is 13.3. The van der Waals surface area contributed by atoms with Gasteiger partial charge in [0.15, 0.2) is 5.69 Å². The van der Waals surface area contributed by atoms with Crippen molar-refractivity contribution < 1.29 is 4.79 Å². The normalized spacial score (nSPS) is 10.9. The standard InChI is InChI=1S/C25H31N5O3/c1-16(2)14-29(21(31)13-27-20-12-17(3)10-11-18(20)4)22-23(26)30(25(33)28-24(22)32)15-19-8-6-5-7-9-19/h5-12,16,27H,13-15,26H2,1-4H3,(H,28,32,33). The summed E-state index contributed by atoms with van der Waals surface area (Å²) in [6, 6.07) is 15.3. The molecule has 3 aromatic rings. The van der Waals surface area contributed by atoms with Gasteiger partial charge in [0.25, 0.3) is 5.56 Å². The smallest absolute Gasteiger partial charge is 0.330 e. The Bertz CT molecular complexity index is 1250. The molecule has 0 radical (unpaired) electrons. The highest BCUT2D eigenvalue weighted by molar-refractivity contribution is 5.98. The van der Waals surface area contributed by atoms with Crippen LogP contribution in [-0.4, -0.2) is 28.5 Å². The Morgan fingerprint density at radius 1 is 1.12 bits per heavy atom. The maximum Gasteiger partial charge on any atom is 0.330 e. The molecule has 0 spiro atoms. The number of nitrogens with zero attached hydrogens (tertiary/aromatic N) is 2. The third-order valence-electron chi connectivity index (χ3n) is 5.34. The van der Waals surface area contributed by atoms with E-state index in [-0.39, 0.29) is 43.0 Å². The molecule has 0 aliphatic carbocycles. The average Bonchev–Trinajstić information content (AvgIpc) is 2.76. The van der Waals surface area contributed by atoms with Crippen molar-refractivity contribution in [3.8, 4) is 0 Å². The second-order valence-corrected chi connectivity index (χ2v) is 8.63. The Balaban J connectivity index is 1.96. The number of nitrogens with one attached hydrogen (secondary N) is 2. The molecule has 0 unspecified atom stereocenters. The highest BCUT2D eigenvalue weighted by atomic mass is 16.2. The number of carbonyl (C=O) groups is 1. The lowest BCUT2D eigenvalue weighted by Gasteiger charge is -2.26. The maximum absolute atomic E-state index is 13.3. The topological polar surface area (TPSA) is 113 Å². The Morgan fingerprint density at radius 3 is 2.48 bits per heavy atom. The van der Waals surface area contributed by atoms with Gasteiger partial charge in [-0.1, -0.05) is 56.3 Å². The zero-order chi connectivity index (χ0) is 24.1. The summed E-state index contributed by atoms with van der Waals surface area (Å²) in [5.74, 6) is -0.275. The van der Waals surface area contributed by atoms with Crippen molar-refractivity contribution in [3.63, 3.8) is 0 Å². The Hall–Kier alpha value is -3.81. The fraction of sp³-hybridized carbons (Fsp3) is 0.320. The van der Waals surface area contributed by atoms with E-state index >= 15 is 0 Å². The summed E-state index contributed by atoms with van der Waals surface area (Å²) in [6.45, 7) is 8.27. The van der Waals surface area contributed by atoms with E-state index in [4.69, 9.17) is 5.73 Å². The molecule has 4 N–H and O–H groups in total. The number of anilines is 3. The predicted molar refractivity (Wildman–Crippen MR) is 133 cm³/mol. The Morgan fingerprint density at radius 2 is 1.82 bits per heavy atom. The fourth-order valence-electron chi connectivity index (χ4n) is 3.64. The van der Waals surface area contributed by atoms with Crippen LogP contribution in [0.2, 0.25) is 0 Å². The summed E-state index contributed by atoms with van der Waals surface area (Å²) in [5.41, 5.74) is 8.81. The van der Waals surface area contributed by atoms with Crippen LogP contribution in [0.4, 0.5) is 17.2 Å². The molecular weight excluding hydrogens is 418 g/mol. The molecule has 0 aliphatic heterocycles. The number of rotatable bonds is 8. The van der Waals surface area contributed by atoms with Crippen molar-refractivity contribution in [1.82, 2.24) is 9.55 Å². The van der Waals surface area contributed by atoms with E-state index < -0.39 is 11.2 Å². The minimum atomic E-state index is -0.678. The van der Waals surface area contributed by atoms with E-state index in [1.807, 2.05) is 76.2 Å². The van der Waals surface area contributed by atoms with E-state index in [1.165, 1.54) is 9.47 Å². The molecule has 1 amide bonds. The van der Waals surface area contributed by atoms with Crippen LogP contribution >= 0.6 is 0 Å². The van der Waals surface area contributed by atoms with E-state index in [0.29, 0.717) is 0 Å². The first-order valence-electron chi connectivity index (χ1n) is 11.0. The molecule has 1 aromatic heterocycles. The number of amides is 1. The van der Waals surface area contributed by atoms with Crippen molar-refractivity contribution >= 4 is 23.1 Å². The number of H-pyrrole nitrogens is 1. The fourth-order valence-corrected chi connectivity index (χ4v) is 3.64. The van der Waals surface area contributed by atoms with Gasteiger partial charge in [-0.05, 0) is 42.5 Å². The third-order valence-corrected chi connectivity index (χ3v) is 5.34. The number of aromatic nitrogens is 2. The number of hydrogen-bond donors (Lipinski definition) is 3. The van der Waals surface area contributed by atoms with Crippen LogP contribution in [0.1, 0.15) is 30.5 Å². The van der Waals surface area contributed by atoms with Gasteiger partial charge in [0.05, 0.1) is 13.1 Å². The number of nitrogens with two attached hydrogens (primary N) is 1. The van der Waals surface area contributed by atoms with Crippen molar-refractivity contribution in [1.29, 1.82) is 0 Å². The van der Waals surface area contributed by atoms with Gasteiger partial charge in [-0.15, -0.1) is 0 Å². The molecule has 0 atom stereocenters. The lowest BCUT2D eigenvalue weighted by Crippen LogP contribution is -2.44. The number of nitrogen functional groups attached to an aromatic ring is 1. The van der Waals surface area contributed by atoms with Crippen molar-refractivity contribution in [2.45, 2.75) is 34.2 Å². The molecule has 0 saturated carbocycles. The van der Waals surface area contributed by atoms with Gasteiger partial charge in [-0.2, -0.15) is 0 Å². The zero-order valence-corrected chi connectivity index (χ0v) is 19.5. The quantitative estimate of drug-likeness (QED) is 0.489. The number of hydrogen-bond acceptors (Lipinski definition) is 5. The van der Waals surface area contributed by atoms with Crippen molar-refractivity contribution in [2.75, 3.05) is 29.0 Å². The summed E-state index contributed by atoms with van der Waals surface area (Å²) in [6.07, 6.45) is 0. The summed E-state index contributed by atoms with van der Waals surface area (Å²) in [4.78, 5) is 42.3. The minimum Gasteiger partial charge on any atom is -0.383 e. The molecule has 8 heteroatoms. The predicted octanol–water partition coefficient (Wildman–Crippen LogP) is 2.89. The monoisotopic (exact) mass is 449 g/mol. The van der Waals surface area contributed by atoms with E-state index in [0.717, 1.165) is 22.4 Å². The summed E-state index contributed by atoms with van der Waals surface area (Å²) >= 11 is 0. The van der Waals surface area contributed by atoms with Gasteiger partial charge in [0, 0.05) is 12.2 Å². The number of carbonyl (C=O) groups excluding carboxylic acids is 1. The van der Waals surface area contributed by atoms with E-state index in [9.17, 15) is 14.4 Å². The van der Waals surface area contributed by atoms with Crippen LogP contribution in [0.5, 0.6) is 0 Å². The number of aryl methyl sites for hydroxylation is 2. The van der Waals surface area contributed by atoms with Crippen LogP contribution in [-0.2, 0) is 11.3 Å². The Kier molecular flexibility index (Phi) is 7.37. The van der Waals surface area contributed by atoms with Gasteiger partial charge in [0.2, 0.25) is 5.91 Å². The molecule has 0 aliphatic rings. The molecule has 0 saturated heterocycles. The highest BCUT2D eigenvalue weighted by Gasteiger charge is 2.25. The second kappa shape index (κ2) is 10.2. The van der Waals surface area contributed by atoms with Crippen LogP contribution in [0.15, 0.2) is 58.1 Å². The van der Waals surface area contributed by atoms with Gasteiger partial charge in [-0.25, -0.2) is 4.79 Å². The minimum absolute atomic E-state index is 0.00741. The first kappa shape index (κ1) is 23.8. The van der Waals surface area contributed by atoms with Gasteiger partial charge < -0.3 is 16.0 Å². The molecule has 0 bridgehead atoms. The van der Waals surface area contributed by atoms with Crippen LogP contribution in [0, 0.1) is 19.8 Å². The Labute approximate surface area is 193 Å². The first-order valence-corrected chi connectivity index (χ1v) is 11.0. The molecule has 3 rings (SSSR count). The summed E-state index contributed by atoms with van der Waals surface area (Å²) < 4.78 is 1.28. The number of benzene rings is 2. The molecule has 1 heterocycles. The van der Waals surface area contributed by atoms with Crippen molar-refractivity contribution in [2.24, 2.45) is 5.92 Å². The van der Waals surface area contributed by atoms with Crippen molar-refractivity contribution in [3.05, 3.63) is 86.1 Å². The number of aromatic amines is 1. The average molecular weight is 450 g/mol. The molecular formula is C25H31N5O3. The summed E-state index contributed by atoms with van der Waals surface area (Å²) in [5, 5.41) is 3.17. The lowest BCUT2D eigenvalue weighted by atomic mass is 10.1. The van der Waals surface area contributed by atoms with Crippen LogP contribution in [0.3, 0.4) is 0 Å². The zero-order valence-electron chi connectivity index (χ0n) is 19.5. The molecule has 2 aromatic carbocycles. The molecule has 0 fully saturated rings. The SMILES string of the molecule is Cc1ccc(C)c(NCC(=O)N(CC(C)C)c2c(N)n(Cc3ccccc3)c(=O)[nH]c2=O)c1. The first-order chi connectivity index (χ1) is 15.7. The van der Waals surface area contributed by atoms with Gasteiger partial charge in [0.1, 0.15) is 5.82 Å². The van der Waals surface area contributed by atoms with Gasteiger partial charge >= 0.3 is 5.69 Å². The lowest BCUT2D eigenvalue weighted by molar-refractivity contribution is -0.117. The van der Waals surface area contributed by atoms with E-state index in [1.54, 1.807) is 0 Å². The van der Waals surface area contributed by atoms with Gasteiger partial charge in [-0.3, -0.25) is 19.1 Å². The third kappa shape index (κ3) is 5.71. The highest BCUT2D eigenvalue weighted by Crippen LogP contribution is 2.21.